The normalized spacial score (nSPS) is 17.0. The van der Waals surface area contributed by atoms with Gasteiger partial charge in [-0.1, -0.05) is 359 Å². The first-order chi connectivity index (χ1) is 52.7. The molecule has 1 aromatic heterocycles. The fourth-order valence-electron chi connectivity index (χ4n) is 16.4. The first-order valence-electron chi connectivity index (χ1n) is 39.4. The number of fused-ring (bicyclic) bond motifs is 7. The fourth-order valence-corrected chi connectivity index (χ4v) is 16.4. The standard InChI is InChI=1S/C105H107BN4/c1-18-20-22-27-36-72(3)46-47-80(74-37-29-24-30-38-74)71-108-95-65-79(78-44-35-45-87(64-78)109-93-60-54-84(102(8,9)10)68-89(93)90-69-85(103(11,12)13)55-61-94(90)109)49-58-91(95)106-92-59-56-86(107-73(4)62-63-105(17,104(14,15)16)83-52-50-82(51-53-83)101(5,6)7)70-96(92)110(98-67-81(66-97(108)99(98)106)75-39-31-25-32-40-75)100-77(43-28-23-21-19-2)48-57-88(100)76-41-33-26-34-42-76/h18-52,54-72,77,83,107H,1-2,4,53H2,3,5-17H3/b22-20-,23-21-,36-27-,43-28?,47-46-,63-62-,80-71-/t72?,77?,83-,105?/m0/s1. The Morgan fingerprint density at radius 1 is 0.518 bits per heavy atom. The van der Waals surface area contributed by atoms with Crippen LogP contribution in [0.15, 0.2) is 359 Å². The van der Waals surface area contributed by atoms with Gasteiger partial charge in [0, 0.05) is 74.0 Å². The first kappa shape index (κ1) is 75.4. The quantitative estimate of drug-likeness (QED) is 0.0608. The molecule has 0 radical (unpaired) electrons. The molecule has 2 aliphatic carbocycles. The Kier molecular flexibility index (Phi) is 21.0. The highest BCUT2D eigenvalue weighted by molar-refractivity contribution is 7.00. The minimum Gasteiger partial charge on any atom is -0.356 e. The van der Waals surface area contributed by atoms with Crippen LogP contribution in [0.5, 0.6) is 0 Å². The third kappa shape index (κ3) is 15.1. The molecule has 10 aromatic rings. The van der Waals surface area contributed by atoms with Crippen molar-refractivity contribution < 1.29 is 0 Å². The van der Waals surface area contributed by atoms with Crippen molar-refractivity contribution in [3.05, 3.63) is 381 Å². The van der Waals surface area contributed by atoms with Crippen LogP contribution in [-0.2, 0) is 10.8 Å². The largest absolute Gasteiger partial charge is 0.356 e. The highest BCUT2D eigenvalue weighted by Gasteiger charge is 2.46. The summed E-state index contributed by atoms with van der Waals surface area (Å²) in [7, 11) is 0. The minimum atomic E-state index is -0.213. The van der Waals surface area contributed by atoms with Gasteiger partial charge in [0.25, 0.3) is 6.71 Å². The number of allylic oxidation sites excluding steroid dienone is 21. The van der Waals surface area contributed by atoms with E-state index >= 15 is 0 Å². The zero-order valence-corrected chi connectivity index (χ0v) is 67.1. The van der Waals surface area contributed by atoms with E-state index in [2.05, 4.69) is 421 Å². The van der Waals surface area contributed by atoms with Crippen molar-refractivity contribution in [1.82, 2.24) is 4.57 Å². The van der Waals surface area contributed by atoms with E-state index in [9.17, 15) is 0 Å². The van der Waals surface area contributed by atoms with Crippen molar-refractivity contribution >= 4 is 84.5 Å². The number of rotatable bonds is 20. The number of benzene rings is 9. The molecule has 4 atom stereocenters. The molecule has 0 spiro atoms. The molecule has 2 aliphatic heterocycles. The second-order valence-electron chi connectivity index (χ2n) is 34.7. The summed E-state index contributed by atoms with van der Waals surface area (Å²) in [5, 5.41) is 6.46. The monoisotopic (exact) mass is 1430 g/mol. The molecular formula is C105H107BN4. The molecule has 0 fully saturated rings. The number of aromatic nitrogens is 1. The molecule has 110 heavy (non-hydrogen) atoms. The van der Waals surface area contributed by atoms with E-state index in [1.807, 2.05) is 30.4 Å². The number of hydrogen-bond acceptors (Lipinski definition) is 3. The Bertz CT molecular complexity index is 5490. The number of anilines is 5. The van der Waals surface area contributed by atoms with E-state index in [1.54, 1.807) is 0 Å². The highest BCUT2D eigenvalue weighted by Crippen LogP contribution is 2.52. The average molecular weight is 1440 g/mol. The summed E-state index contributed by atoms with van der Waals surface area (Å²) in [6.45, 7) is 45.2. The smallest absolute Gasteiger partial charge is 0.252 e. The molecule has 4 aliphatic rings. The van der Waals surface area contributed by atoms with Gasteiger partial charge < -0.3 is 19.7 Å². The molecule has 3 unspecified atom stereocenters. The van der Waals surface area contributed by atoms with Crippen LogP contribution in [0.25, 0.3) is 60.9 Å². The zero-order valence-electron chi connectivity index (χ0n) is 67.1. The molecule has 0 saturated heterocycles. The van der Waals surface area contributed by atoms with Gasteiger partial charge in [-0.25, -0.2) is 0 Å². The topological polar surface area (TPSA) is 23.4 Å². The van der Waals surface area contributed by atoms with E-state index in [1.165, 1.54) is 60.6 Å². The number of nitrogens with zero attached hydrogens (tertiary/aromatic N) is 3. The van der Waals surface area contributed by atoms with Crippen LogP contribution >= 0.6 is 0 Å². The molecule has 0 saturated carbocycles. The van der Waals surface area contributed by atoms with Gasteiger partial charge in [-0.3, -0.25) is 0 Å². The van der Waals surface area contributed by atoms with Crippen LogP contribution in [0, 0.1) is 34.0 Å². The lowest BCUT2D eigenvalue weighted by Crippen LogP contribution is -2.62. The van der Waals surface area contributed by atoms with Crippen LogP contribution in [0.4, 0.5) is 28.4 Å². The molecule has 14 rings (SSSR count). The maximum atomic E-state index is 4.80. The average Bonchev–Trinajstić information content (AvgIpc) is 0.853. The third-order valence-electron chi connectivity index (χ3n) is 23.2. The molecule has 550 valence electrons. The highest BCUT2D eigenvalue weighted by atomic mass is 15.2. The van der Waals surface area contributed by atoms with Crippen LogP contribution in [0.2, 0.25) is 0 Å². The van der Waals surface area contributed by atoms with Crippen molar-refractivity contribution in [2.24, 2.45) is 34.0 Å². The lowest BCUT2D eigenvalue weighted by molar-refractivity contribution is 0.113. The molecule has 0 amide bonds. The Morgan fingerprint density at radius 3 is 1.75 bits per heavy atom. The van der Waals surface area contributed by atoms with Gasteiger partial charge >= 0.3 is 0 Å². The van der Waals surface area contributed by atoms with Crippen LogP contribution < -0.4 is 31.5 Å². The Hall–Kier alpha value is -11.4. The number of nitrogens with one attached hydrogen (secondary N) is 1. The second-order valence-corrected chi connectivity index (χ2v) is 34.7. The molecule has 3 heterocycles. The summed E-state index contributed by atoms with van der Waals surface area (Å²) in [5.41, 5.74) is 27.3. The van der Waals surface area contributed by atoms with Crippen molar-refractivity contribution in [3.63, 3.8) is 0 Å². The Labute approximate surface area is 656 Å². The molecule has 9 aromatic carbocycles. The number of hydrogen-bond donors (Lipinski definition) is 1. The molecule has 5 heteroatoms. The lowest BCUT2D eigenvalue weighted by atomic mass is 9.33. The SMILES string of the molecule is C=C/C=C\C=CC1C=CC(c2ccccc2)=C1N1c2cc(NC(=C)/C=C\C(C)([C@H]3C=CC(C(C)(C)C)=CC3)C(C)(C)C)ccc2B2c3ccc(-c4cccc(-n5c6ccc(C(C)(C)C)cc6c6cc(C(C)(C)C)ccc65)c4)cc3N(/C=C(/C=C\C(C)/C=C\C=C/C=C)c3ccccc3)c3cc(-c4ccccc4)cc1c32. The maximum Gasteiger partial charge on any atom is 0.252 e. The molecule has 4 nitrogen and oxygen atoms in total. The van der Waals surface area contributed by atoms with Crippen LogP contribution in [0.1, 0.15) is 126 Å². The first-order valence-corrected chi connectivity index (χ1v) is 39.4. The van der Waals surface area contributed by atoms with Gasteiger partial charge in [-0.2, -0.15) is 0 Å². The van der Waals surface area contributed by atoms with Crippen molar-refractivity contribution in [2.75, 3.05) is 15.1 Å². The summed E-state index contributed by atoms with van der Waals surface area (Å²) in [4.78, 5) is 5.17. The minimum absolute atomic E-state index is 0.0213. The summed E-state index contributed by atoms with van der Waals surface area (Å²) < 4.78 is 2.49. The fraction of sp³-hybridized carbons (Fsp3) is 0.219. The van der Waals surface area contributed by atoms with Crippen LogP contribution in [-0.4, -0.2) is 11.3 Å². The van der Waals surface area contributed by atoms with Crippen molar-refractivity contribution in [1.29, 1.82) is 0 Å². The predicted molar refractivity (Wildman–Crippen MR) is 481 cm³/mol. The summed E-state index contributed by atoms with van der Waals surface area (Å²) >= 11 is 0. The van der Waals surface area contributed by atoms with E-state index in [-0.39, 0.29) is 45.6 Å². The predicted octanol–water partition coefficient (Wildman–Crippen LogP) is 26.6. The van der Waals surface area contributed by atoms with Crippen LogP contribution in [0.3, 0.4) is 0 Å². The van der Waals surface area contributed by atoms with Gasteiger partial charge in [-0.15, -0.1) is 0 Å². The van der Waals surface area contributed by atoms with Gasteiger partial charge in [-0.05, 0) is 190 Å². The second kappa shape index (κ2) is 30.6. The third-order valence-corrected chi connectivity index (χ3v) is 23.2. The van der Waals surface area contributed by atoms with Crippen molar-refractivity contribution in [2.45, 2.75) is 114 Å². The Morgan fingerprint density at radius 2 is 1.12 bits per heavy atom. The summed E-state index contributed by atoms with van der Waals surface area (Å²) in [5.74, 6) is 0.312. The van der Waals surface area contributed by atoms with Gasteiger partial charge in [0.15, 0.2) is 0 Å². The maximum absolute atomic E-state index is 4.80. The van der Waals surface area contributed by atoms with Gasteiger partial charge in [0.1, 0.15) is 0 Å². The van der Waals surface area contributed by atoms with E-state index in [0.29, 0.717) is 5.92 Å². The summed E-state index contributed by atoms with van der Waals surface area (Å²) in [6.07, 6.45) is 45.3. The van der Waals surface area contributed by atoms with Gasteiger partial charge in [0.05, 0.1) is 11.0 Å². The van der Waals surface area contributed by atoms with Crippen molar-refractivity contribution in [3.8, 4) is 27.9 Å². The Balaban J connectivity index is 1.01. The lowest BCUT2D eigenvalue weighted by Gasteiger charge is -2.46. The van der Waals surface area contributed by atoms with E-state index in [4.69, 9.17) is 6.58 Å². The molecule has 0 bridgehead atoms. The summed E-state index contributed by atoms with van der Waals surface area (Å²) in [6, 6.07) is 75.7. The van der Waals surface area contributed by atoms with Gasteiger partial charge in [0.2, 0.25) is 0 Å². The van der Waals surface area contributed by atoms with E-state index < -0.39 is 0 Å². The zero-order chi connectivity index (χ0) is 77.4. The molecular weight excluding hydrogens is 1330 g/mol. The van der Waals surface area contributed by atoms with E-state index in [0.717, 1.165) is 90.8 Å². The molecule has 1 N–H and O–H groups in total.